The van der Waals surface area contributed by atoms with E-state index in [-0.39, 0.29) is 5.91 Å². The summed E-state index contributed by atoms with van der Waals surface area (Å²) >= 11 is 0. The number of nitrogens with zero attached hydrogens (tertiary/aromatic N) is 2. The van der Waals surface area contributed by atoms with Gasteiger partial charge in [-0.15, -0.1) is 0 Å². The first-order chi connectivity index (χ1) is 13.1. The van der Waals surface area contributed by atoms with Crippen LogP contribution in [0.25, 0.3) is 5.69 Å². The molecule has 1 N–H and O–H groups in total. The molecule has 0 spiro atoms. The molecular weight excluding hydrogens is 342 g/mol. The molecule has 1 aromatic heterocycles. The number of aldehydes is 1. The van der Waals surface area contributed by atoms with Crippen LogP contribution in [-0.4, -0.2) is 34.6 Å². The lowest BCUT2D eigenvalue weighted by Crippen LogP contribution is -2.36. The fourth-order valence-electron chi connectivity index (χ4n) is 2.71. The summed E-state index contributed by atoms with van der Waals surface area (Å²) in [5.74, 6) is 0.403. The van der Waals surface area contributed by atoms with Crippen LogP contribution in [0.4, 0.5) is 0 Å². The predicted molar refractivity (Wildman–Crippen MR) is 105 cm³/mol. The Morgan fingerprint density at radius 2 is 2.04 bits per heavy atom. The number of aromatic nitrogens is 2. The lowest BCUT2D eigenvalue weighted by Gasteiger charge is -2.15. The molecular formula is C21H27N3O3. The van der Waals surface area contributed by atoms with Crippen molar-refractivity contribution in [1.29, 1.82) is 0 Å². The van der Waals surface area contributed by atoms with Crippen LogP contribution in [0.15, 0.2) is 42.0 Å². The Bertz CT molecular complexity index is 824. The van der Waals surface area contributed by atoms with Crippen LogP contribution < -0.4 is 10.1 Å². The minimum Gasteiger partial charge on any atom is -0.493 e. The van der Waals surface area contributed by atoms with Crippen LogP contribution in [0.2, 0.25) is 0 Å². The highest BCUT2D eigenvalue weighted by Crippen LogP contribution is 2.20. The number of nitrogens with one attached hydrogen (secondary N) is 1. The molecule has 0 saturated heterocycles. The Labute approximate surface area is 160 Å². The van der Waals surface area contributed by atoms with E-state index in [4.69, 9.17) is 4.74 Å². The second-order valence-corrected chi connectivity index (χ2v) is 6.18. The van der Waals surface area contributed by atoms with Crippen molar-refractivity contribution < 1.29 is 14.3 Å². The largest absolute Gasteiger partial charge is 0.493 e. The van der Waals surface area contributed by atoms with E-state index in [1.54, 1.807) is 10.7 Å². The number of hydrogen-bond acceptors (Lipinski definition) is 4. The second kappa shape index (κ2) is 9.71. The molecule has 1 amide bonds. The molecule has 2 heterocycles. The molecule has 1 aliphatic heterocycles. The number of amides is 1. The predicted octanol–water partition coefficient (Wildman–Crippen LogP) is 3.62. The third-order valence-corrected chi connectivity index (χ3v) is 4.09. The minimum atomic E-state index is -0.568. The van der Waals surface area contributed by atoms with E-state index >= 15 is 0 Å². The lowest BCUT2D eigenvalue weighted by molar-refractivity contribution is -0.109. The van der Waals surface area contributed by atoms with Crippen LogP contribution in [0.3, 0.4) is 0 Å². The molecule has 0 aliphatic carbocycles. The van der Waals surface area contributed by atoms with Crippen LogP contribution in [0.5, 0.6) is 5.75 Å². The molecule has 3 rings (SSSR count). The number of rotatable bonds is 1. The SMILES string of the molecule is C/C1=C\CC(C=O)NC(=O)c2cc(C)nn2-c2cccc(c2)OCC1.CC. The minimum absolute atomic E-state index is 0.327. The number of hydrogen-bond donors (Lipinski definition) is 1. The maximum atomic E-state index is 12.7. The third kappa shape index (κ3) is 5.29. The maximum absolute atomic E-state index is 12.7. The summed E-state index contributed by atoms with van der Waals surface area (Å²) in [6, 6.07) is 8.60. The number of fused-ring (bicyclic) bond motifs is 4. The molecule has 0 radical (unpaired) electrons. The molecule has 2 aromatic rings. The molecule has 1 aliphatic rings. The van der Waals surface area contributed by atoms with Gasteiger partial charge < -0.3 is 14.8 Å². The van der Waals surface area contributed by atoms with E-state index in [2.05, 4.69) is 10.4 Å². The average molecular weight is 369 g/mol. The van der Waals surface area contributed by atoms with Crippen molar-refractivity contribution >= 4 is 12.2 Å². The summed E-state index contributed by atoms with van der Waals surface area (Å²) in [7, 11) is 0. The van der Waals surface area contributed by atoms with Gasteiger partial charge in [-0.3, -0.25) is 4.79 Å². The van der Waals surface area contributed by atoms with E-state index in [9.17, 15) is 9.59 Å². The topological polar surface area (TPSA) is 73.2 Å². The maximum Gasteiger partial charge on any atom is 0.270 e. The van der Waals surface area contributed by atoms with Gasteiger partial charge >= 0.3 is 0 Å². The zero-order chi connectivity index (χ0) is 19.8. The molecule has 6 heteroatoms. The number of benzene rings is 1. The fraction of sp³-hybridized carbons (Fsp3) is 0.381. The average Bonchev–Trinajstić information content (AvgIpc) is 3.08. The van der Waals surface area contributed by atoms with Crippen molar-refractivity contribution in [2.24, 2.45) is 0 Å². The van der Waals surface area contributed by atoms with E-state index in [1.807, 2.05) is 58.0 Å². The summed E-state index contributed by atoms with van der Waals surface area (Å²) in [5.41, 5.74) is 2.97. The second-order valence-electron chi connectivity index (χ2n) is 6.18. The van der Waals surface area contributed by atoms with Crippen LogP contribution in [0.1, 0.15) is 49.8 Å². The summed E-state index contributed by atoms with van der Waals surface area (Å²) in [5, 5.41) is 7.18. The first kappa shape index (κ1) is 20.4. The Hall–Kier alpha value is -2.89. The lowest BCUT2D eigenvalue weighted by atomic mass is 10.1. The highest BCUT2D eigenvalue weighted by molar-refractivity contribution is 5.94. The number of carbonyl (C=O) groups excluding carboxylic acids is 2. The fourth-order valence-corrected chi connectivity index (χ4v) is 2.71. The van der Waals surface area contributed by atoms with Gasteiger partial charge in [0.1, 0.15) is 17.7 Å². The third-order valence-electron chi connectivity index (χ3n) is 4.09. The normalized spacial score (nSPS) is 19.0. The van der Waals surface area contributed by atoms with Gasteiger partial charge in [0, 0.05) is 12.5 Å². The van der Waals surface area contributed by atoms with Gasteiger partial charge in [-0.1, -0.05) is 31.6 Å². The van der Waals surface area contributed by atoms with Crippen molar-refractivity contribution in [2.75, 3.05) is 6.61 Å². The smallest absolute Gasteiger partial charge is 0.270 e. The molecule has 2 bridgehead atoms. The molecule has 27 heavy (non-hydrogen) atoms. The Morgan fingerprint density at radius 1 is 1.26 bits per heavy atom. The van der Waals surface area contributed by atoms with Crippen molar-refractivity contribution in [3.63, 3.8) is 0 Å². The molecule has 0 saturated carbocycles. The Kier molecular flexibility index (Phi) is 7.34. The molecule has 0 fully saturated rings. The molecule has 1 unspecified atom stereocenters. The highest BCUT2D eigenvalue weighted by Gasteiger charge is 2.19. The molecule has 6 nitrogen and oxygen atoms in total. The van der Waals surface area contributed by atoms with Crippen molar-refractivity contribution in [2.45, 2.75) is 46.6 Å². The van der Waals surface area contributed by atoms with E-state index in [1.165, 1.54) is 0 Å². The van der Waals surface area contributed by atoms with Gasteiger partial charge in [0.25, 0.3) is 5.91 Å². The van der Waals surface area contributed by atoms with Gasteiger partial charge in [-0.05, 0) is 38.5 Å². The molecule has 1 atom stereocenters. The van der Waals surface area contributed by atoms with Crippen molar-refractivity contribution in [1.82, 2.24) is 15.1 Å². The van der Waals surface area contributed by atoms with Crippen LogP contribution >= 0.6 is 0 Å². The zero-order valence-electron chi connectivity index (χ0n) is 16.4. The standard InChI is InChI=1S/C19H21N3O3.C2H6/c1-13-6-7-15(12-23)20-19(24)18-10-14(2)21-22(18)16-4-3-5-17(11-16)25-9-8-13;1-2/h3-6,10-12,15H,7-9H2,1-2H3,(H,20,24);1-2H3/b13-6+;. The Balaban J connectivity index is 0.00000126. The van der Waals surface area contributed by atoms with Crippen molar-refractivity contribution in [3.05, 3.63) is 53.4 Å². The monoisotopic (exact) mass is 369 g/mol. The number of aryl methyl sites for hydroxylation is 1. The van der Waals surface area contributed by atoms with Crippen LogP contribution in [0, 0.1) is 6.92 Å². The number of carbonyl (C=O) groups is 2. The summed E-state index contributed by atoms with van der Waals surface area (Å²) in [6.45, 7) is 8.37. The van der Waals surface area contributed by atoms with E-state index < -0.39 is 6.04 Å². The first-order valence-electron chi connectivity index (χ1n) is 9.28. The van der Waals surface area contributed by atoms with Crippen LogP contribution in [-0.2, 0) is 4.79 Å². The van der Waals surface area contributed by atoms with Gasteiger partial charge in [0.15, 0.2) is 0 Å². The quantitative estimate of drug-likeness (QED) is 0.615. The van der Waals surface area contributed by atoms with Crippen molar-refractivity contribution in [3.8, 4) is 11.4 Å². The molecule has 1 aromatic carbocycles. The van der Waals surface area contributed by atoms with Gasteiger partial charge in [0.05, 0.1) is 24.0 Å². The van der Waals surface area contributed by atoms with Gasteiger partial charge in [-0.25, -0.2) is 4.68 Å². The number of ether oxygens (including phenoxy) is 1. The molecule has 144 valence electrons. The summed E-state index contributed by atoms with van der Waals surface area (Å²) < 4.78 is 7.39. The van der Waals surface area contributed by atoms with E-state index in [0.29, 0.717) is 18.7 Å². The first-order valence-corrected chi connectivity index (χ1v) is 9.28. The summed E-state index contributed by atoms with van der Waals surface area (Å²) in [4.78, 5) is 24.0. The Morgan fingerprint density at radius 3 is 2.78 bits per heavy atom. The highest BCUT2D eigenvalue weighted by atomic mass is 16.5. The summed E-state index contributed by atoms with van der Waals surface area (Å²) in [6.07, 6.45) is 3.95. The van der Waals surface area contributed by atoms with Gasteiger partial charge in [-0.2, -0.15) is 5.10 Å². The zero-order valence-corrected chi connectivity index (χ0v) is 16.4. The van der Waals surface area contributed by atoms with Gasteiger partial charge in [0.2, 0.25) is 0 Å². The van der Waals surface area contributed by atoms with E-state index in [0.717, 1.165) is 35.4 Å².